The number of nitrogens with zero attached hydrogens (tertiary/aromatic N) is 5. The summed E-state index contributed by atoms with van der Waals surface area (Å²) in [6, 6.07) is 7.25. The lowest BCUT2D eigenvalue weighted by atomic mass is 10.1. The minimum absolute atomic E-state index is 0.0996. The third-order valence-electron chi connectivity index (χ3n) is 5.46. The summed E-state index contributed by atoms with van der Waals surface area (Å²) >= 11 is 0. The fourth-order valence-electron chi connectivity index (χ4n) is 3.95. The van der Waals surface area contributed by atoms with Gasteiger partial charge in [0.1, 0.15) is 11.6 Å². The molecule has 172 valence electrons. The maximum atomic E-state index is 12.2. The van der Waals surface area contributed by atoms with Gasteiger partial charge in [-0.2, -0.15) is 0 Å². The molecule has 0 atom stereocenters. The van der Waals surface area contributed by atoms with Gasteiger partial charge in [-0.15, -0.1) is 0 Å². The lowest BCUT2D eigenvalue weighted by molar-refractivity contribution is 0.0509. The van der Waals surface area contributed by atoms with Crippen LogP contribution in [0.25, 0.3) is 33.2 Å². The first-order chi connectivity index (χ1) is 16.0. The van der Waals surface area contributed by atoms with E-state index in [4.69, 9.17) is 24.2 Å². The van der Waals surface area contributed by atoms with Gasteiger partial charge < -0.3 is 19.1 Å². The molecule has 0 unspecified atom stereocenters. The minimum atomic E-state index is -3.45. The van der Waals surface area contributed by atoms with Crippen molar-refractivity contribution in [1.29, 1.82) is 0 Å². The molecule has 0 N–H and O–H groups in total. The third-order valence-corrected chi connectivity index (χ3v) is 6.49. The van der Waals surface area contributed by atoms with Gasteiger partial charge in [-0.05, 0) is 24.3 Å². The highest BCUT2D eigenvalue weighted by Gasteiger charge is 2.21. The Morgan fingerprint density at radius 1 is 1.09 bits per heavy atom. The number of methoxy groups -OCH3 is 1. The molecule has 0 bridgehead atoms. The summed E-state index contributed by atoms with van der Waals surface area (Å²) in [6.07, 6.45) is 6.00. The maximum absolute atomic E-state index is 12.2. The van der Waals surface area contributed by atoms with E-state index in [-0.39, 0.29) is 6.79 Å². The number of ether oxygens (including phenoxy) is 3. The zero-order chi connectivity index (χ0) is 23.0. The Balaban J connectivity index is 1.74. The zero-order valence-corrected chi connectivity index (χ0v) is 19.1. The summed E-state index contributed by atoms with van der Waals surface area (Å²) in [6.45, 7) is 2.71. The van der Waals surface area contributed by atoms with Crippen molar-refractivity contribution in [2.24, 2.45) is 0 Å². The van der Waals surface area contributed by atoms with Gasteiger partial charge in [-0.1, -0.05) is 0 Å². The number of aromatic nitrogens is 4. The predicted molar refractivity (Wildman–Crippen MR) is 124 cm³/mol. The van der Waals surface area contributed by atoms with E-state index >= 15 is 0 Å². The van der Waals surface area contributed by atoms with E-state index in [0.29, 0.717) is 54.5 Å². The summed E-state index contributed by atoms with van der Waals surface area (Å²) in [4.78, 5) is 16.1. The number of hydrogen-bond acceptors (Lipinski definition) is 9. The summed E-state index contributed by atoms with van der Waals surface area (Å²) in [5.74, 6) is 1.78. The van der Waals surface area contributed by atoms with E-state index in [9.17, 15) is 8.42 Å². The zero-order valence-electron chi connectivity index (χ0n) is 18.3. The Hall–Kier alpha value is -3.28. The van der Waals surface area contributed by atoms with E-state index in [1.807, 2.05) is 6.07 Å². The molecular weight excluding hydrogens is 446 g/mol. The summed E-state index contributed by atoms with van der Waals surface area (Å²) < 4.78 is 41.8. The molecule has 11 heteroatoms. The quantitative estimate of drug-likeness (QED) is 0.393. The molecular formula is C22H23N5O5S. The van der Waals surface area contributed by atoms with E-state index in [1.54, 1.807) is 43.9 Å². The first kappa shape index (κ1) is 21.6. The van der Waals surface area contributed by atoms with Crippen molar-refractivity contribution >= 4 is 37.6 Å². The van der Waals surface area contributed by atoms with Crippen LogP contribution in [-0.2, 0) is 19.5 Å². The van der Waals surface area contributed by atoms with Crippen LogP contribution in [0.3, 0.4) is 0 Å². The van der Waals surface area contributed by atoms with E-state index in [0.717, 1.165) is 16.6 Å². The van der Waals surface area contributed by atoms with Crippen LogP contribution in [0.2, 0.25) is 0 Å². The van der Waals surface area contributed by atoms with Crippen LogP contribution in [0.1, 0.15) is 0 Å². The first-order valence-electron chi connectivity index (χ1n) is 10.4. The number of pyridine rings is 1. The smallest absolute Gasteiger partial charge is 0.236 e. The second-order valence-electron chi connectivity index (χ2n) is 7.70. The summed E-state index contributed by atoms with van der Waals surface area (Å²) in [5.41, 5.74) is 1.92. The van der Waals surface area contributed by atoms with Crippen molar-refractivity contribution in [2.75, 3.05) is 51.4 Å². The summed E-state index contributed by atoms with van der Waals surface area (Å²) in [7, 11) is -1.91. The largest absolute Gasteiger partial charge is 0.466 e. The predicted octanol–water partition coefficient (Wildman–Crippen LogP) is 2.27. The molecule has 5 rings (SSSR count). The Labute approximate surface area is 190 Å². The van der Waals surface area contributed by atoms with Gasteiger partial charge in [-0.3, -0.25) is 4.98 Å². The molecule has 0 amide bonds. The highest BCUT2D eigenvalue weighted by atomic mass is 32.2. The second kappa shape index (κ2) is 8.58. The van der Waals surface area contributed by atoms with Crippen molar-refractivity contribution in [3.05, 3.63) is 42.9 Å². The molecule has 1 aliphatic rings. The molecule has 1 fully saturated rings. The average Bonchev–Trinajstić information content (AvgIpc) is 3.28. The molecule has 4 aromatic rings. The molecule has 1 saturated heterocycles. The molecule has 4 heterocycles. The number of anilines is 1. The SMILES string of the molecule is COCOc1cncc(-c2nc(N3CCOCC3)c3ccc4c(ccn4S(C)(=O)=O)c3n2)c1. The monoisotopic (exact) mass is 469 g/mol. The van der Waals surface area contributed by atoms with Crippen LogP contribution in [0.4, 0.5) is 5.82 Å². The van der Waals surface area contributed by atoms with Gasteiger partial charge in [0.05, 0.1) is 36.7 Å². The van der Waals surface area contributed by atoms with E-state index < -0.39 is 10.0 Å². The average molecular weight is 470 g/mol. The molecule has 1 aliphatic heterocycles. The van der Waals surface area contributed by atoms with Crippen molar-refractivity contribution in [2.45, 2.75) is 0 Å². The fourth-order valence-corrected chi connectivity index (χ4v) is 4.75. The van der Waals surface area contributed by atoms with Gasteiger partial charge in [0.2, 0.25) is 10.0 Å². The molecule has 1 aromatic carbocycles. The minimum Gasteiger partial charge on any atom is -0.466 e. The Morgan fingerprint density at radius 3 is 2.67 bits per heavy atom. The lowest BCUT2D eigenvalue weighted by Crippen LogP contribution is -2.37. The highest BCUT2D eigenvalue weighted by Crippen LogP contribution is 2.34. The highest BCUT2D eigenvalue weighted by molar-refractivity contribution is 7.89. The Morgan fingerprint density at radius 2 is 1.91 bits per heavy atom. The van der Waals surface area contributed by atoms with Crippen LogP contribution >= 0.6 is 0 Å². The molecule has 0 spiro atoms. The number of morpholine rings is 1. The van der Waals surface area contributed by atoms with Crippen LogP contribution in [0.15, 0.2) is 42.9 Å². The van der Waals surface area contributed by atoms with Gasteiger partial charge in [0.25, 0.3) is 0 Å². The molecule has 0 aliphatic carbocycles. The molecule has 33 heavy (non-hydrogen) atoms. The van der Waals surface area contributed by atoms with Crippen molar-refractivity contribution in [3.63, 3.8) is 0 Å². The van der Waals surface area contributed by atoms with E-state index in [2.05, 4.69) is 9.88 Å². The normalized spacial score (nSPS) is 14.8. The molecule has 0 saturated carbocycles. The number of fused-ring (bicyclic) bond motifs is 3. The van der Waals surface area contributed by atoms with Crippen molar-refractivity contribution in [3.8, 4) is 17.1 Å². The standard InChI is InChI=1S/C22H23N5O5S/c1-30-14-32-16-11-15(12-23-13-16)21-24-20-17-5-6-27(33(2,28)29)19(17)4-3-18(20)22(25-21)26-7-9-31-10-8-26/h3-6,11-13H,7-10,14H2,1-2H3. The fraction of sp³-hybridized carbons (Fsp3) is 0.318. The van der Waals surface area contributed by atoms with E-state index in [1.165, 1.54) is 10.2 Å². The topological polar surface area (TPSA) is 109 Å². The van der Waals surface area contributed by atoms with Crippen LogP contribution in [0.5, 0.6) is 5.75 Å². The van der Waals surface area contributed by atoms with Gasteiger partial charge >= 0.3 is 0 Å². The second-order valence-corrected chi connectivity index (χ2v) is 9.56. The van der Waals surface area contributed by atoms with Crippen molar-refractivity contribution in [1.82, 2.24) is 18.9 Å². The van der Waals surface area contributed by atoms with Gasteiger partial charge in [0, 0.05) is 48.9 Å². The van der Waals surface area contributed by atoms with Crippen LogP contribution in [-0.4, -0.2) is 73.8 Å². The van der Waals surface area contributed by atoms with Gasteiger partial charge in [-0.25, -0.2) is 22.4 Å². The maximum Gasteiger partial charge on any atom is 0.236 e. The van der Waals surface area contributed by atoms with Crippen LogP contribution in [0, 0.1) is 0 Å². The molecule has 10 nitrogen and oxygen atoms in total. The number of rotatable bonds is 6. The molecule has 0 radical (unpaired) electrons. The lowest BCUT2D eigenvalue weighted by Gasteiger charge is -2.29. The van der Waals surface area contributed by atoms with Crippen LogP contribution < -0.4 is 9.64 Å². The van der Waals surface area contributed by atoms with Crippen molar-refractivity contribution < 1.29 is 22.6 Å². The third kappa shape index (κ3) is 4.10. The first-order valence-corrected chi connectivity index (χ1v) is 12.2. The molecule has 3 aromatic heterocycles. The Kier molecular flexibility index (Phi) is 5.60. The van der Waals surface area contributed by atoms with Gasteiger partial charge in [0.15, 0.2) is 12.6 Å². The number of benzene rings is 1. The summed E-state index contributed by atoms with van der Waals surface area (Å²) in [5, 5.41) is 1.58. The number of hydrogen-bond donors (Lipinski definition) is 0. The Bertz CT molecular complexity index is 1430.